The molecule has 0 radical (unpaired) electrons. The van der Waals surface area contributed by atoms with Crippen molar-refractivity contribution < 1.29 is 34.5 Å². The van der Waals surface area contributed by atoms with Crippen LogP contribution in [0.15, 0.2) is 12.1 Å². The van der Waals surface area contributed by atoms with E-state index in [0.29, 0.717) is 5.56 Å². The van der Waals surface area contributed by atoms with Gasteiger partial charge < -0.3 is 1.43 Å². The van der Waals surface area contributed by atoms with Crippen molar-refractivity contribution >= 4 is 13.6 Å². The summed E-state index contributed by atoms with van der Waals surface area (Å²) >= 11 is 0. The van der Waals surface area contributed by atoms with Crippen molar-refractivity contribution in [1.29, 1.82) is 0 Å². The van der Waals surface area contributed by atoms with Gasteiger partial charge in [-0.1, -0.05) is 17.7 Å². The van der Waals surface area contributed by atoms with Crippen LogP contribution in [-0.2, 0) is 4.57 Å². The average Bonchev–Trinajstić information content (AvgIpc) is 2.01. The van der Waals surface area contributed by atoms with E-state index in [1.165, 1.54) is 0 Å². The summed E-state index contributed by atoms with van der Waals surface area (Å²) in [6, 6.07) is 3.66. The molecule has 0 amide bonds. The van der Waals surface area contributed by atoms with E-state index in [9.17, 15) is 9.36 Å². The van der Waals surface area contributed by atoms with Gasteiger partial charge in [0.05, 0.1) is 5.56 Å². The molecule has 0 saturated heterocycles. The Morgan fingerprint density at radius 1 is 1.27 bits per heavy atom. The molecule has 1 N–H and O–H groups in total. The van der Waals surface area contributed by atoms with Gasteiger partial charge in [-0.15, -0.1) is 0 Å². The minimum atomic E-state index is -2.77. The summed E-state index contributed by atoms with van der Waals surface area (Å²) in [5, 5.41) is 0. The second kappa shape index (κ2) is 5.58. The summed E-state index contributed by atoms with van der Waals surface area (Å²) in [7, 11) is -2.77. The van der Waals surface area contributed by atoms with E-state index < -0.39 is 13.6 Å². The van der Waals surface area contributed by atoms with E-state index in [1.807, 2.05) is 19.1 Å². The number of rotatable bonds is 2. The molecule has 1 aromatic rings. The van der Waals surface area contributed by atoms with Crippen LogP contribution in [-0.4, -0.2) is 10.4 Å². The zero-order chi connectivity index (χ0) is 10.9. The van der Waals surface area contributed by atoms with E-state index in [-0.39, 0.29) is 20.3 Å². The Morgan fingerprint density at radius 3 is 2.00 bits per heavy atom. The molecule has 1 rings (SSSR count). The van der Waals surface area contributed by atoms with Gasteiger partial charge in [0.2, 0.25) is 0 Å². The summed E-state index contributed by atoms with van der Waals surface area (Å²) in [5.41, 5.74) is 2.24. The molecular formula is C10H13LiO3P+. The Kier molecular flexibility index (Phi) is 5.41. The number of hydrogen-bond donors (Lipinski definition) is 1. The van der Waals surface area contributed by atoms with Crippen molar-refractivity contribution in [2.45, 2.75) is 20.8 Å². The van der Waals surface area contributed by atoms with E-state index in [1.54, 1.807) is 13.8 Å². The van der Waals surface area contributed by atoms with Gasteiger partial charge in [0.25, 0.3) is 0 Å². The largest absolute Gasteiger partial charge is 1.00 e. The monoisotopic (exact) mass is 219 g/mol. The Balaban J connectivity index is 0. The fraction of sp³-hybridized carbons (Fsp3) is 0.300. The third kappa shape index (κ3) is 3.26. The smallest absolute Gasteiger partial charge is 1.00 e. The molecule has 0 fully saturated rings. The average molecular weight is 219 g/mol. The van der Waals surface area contributed by atoms with Crippen LogP contribution in [0, 0.1) is 20.8 Å². The van der Waals surface area contributed by atoms with Gasteiger partial charge in [-0.2, -0.15) is 4.89 Å². The van der Waals surface area contributed by atoms with Crippen LogP contribution in [0.3, 0.4) is 0 Å². The summed E-state index contributed by atoms with van der Waals surface area (Å²) in [6.07, 6.45) is 0. The van der Waals surface area contributed by atoms with Crippen molar-refractivity contribution in [3.05, 3.63) is 34.4 Å². The van der Waals surface area contributed by atoms with E-state index in [2.05, 4.69) is 0 Å². The molecular weight excluding hydrogens is 206 g/mol. The number of benzene rings is 1. The third-order valence-electron chi connectivity index (χ3n) is 2.06. The van der Waals surface area contributed by atoms with E-state index in [0.717, 1.165) is 16.7 Å². The van der Waals surface area contributed by atoms with Crippen LogP contribution >= 0.6 is 8.03 Å². The maximum Gasteiger partial charge on any atom is 1.00 e. The van der Waals surface area contributed by atoms with Crippen molar-refractivity contribution in [1.82, 2.24) is 0 Å². The van der Waals surface area contributed by atoms with Crippen molar-refractivity contribution in [2.24, 2.45) is 0 Å². The SMILES string of the molecule is Cc1cc(C)c(C(=O)[P+](=O)O)c(C)c1.[H-].[Li+]. The topological polar surface area (TPSA) is 54.4 Å². The molecule has 0 heterocycles. The fourth-order valence-corrected chi connectivity index (χ4v) is 2.16. The van der Waals surface area contributed by atoms with Gasteiger partial charge in [0.15, 0.2) is 0 Å². The van der Waals surface area contributed by atoms with Gasteiger partial charge in [-0.3, -0.25) is 0 Å². The van der Waals surface area contributed by atoms with Crippen molar-refractivity contribution in [2.75, 3.05) is 0 Å². The molecule has 0 bridgehead atoms. The maximum absolute atomic E-state index is 11.4. The number of carbonyl (C=O) groups excluding carboxylic acids is 1. The first-order chi connectivity index (χ1) is 6.43. The Bertz CT molecular complexity index is 398. The second-order valence-corrected chi connectivity index (χ2v) is 4.30. The molecule has 1 unspecified atom stereocenters. The molecule has 1 aromatic carbocycles. The summed E-state index contributed by atoms with van der Waals surface area (Å²) in [6.45, 7) is 5.46. The van der Waals surface area contributed by atoms with Gasteiger partial charge in [-0.05, 0) is 36.5 Å². The standard InChI is InChI=1S/C10H11O3P.Li.H/c1-6-4-7(2)9(8(3)5-6)10(11)14(12)13;;/h4-5H,1-3H3;;/q;+1;-1/p+1. The predicted molar refractivity (Wildman–Crippen MR) is 55.9 cm³/mol. The summed E-state index contributed by atoms with van der Waals surface area (Å²) < 4.78 is 10.7. The number of aryl methyl sites for hydroxylation is 3. The zero-order valence-electron chi connectivity index (χ0n) is 10.4. The quantitative estimate of drug-likeness (QED) is 0.544. The molecule has 15 heavy (non-hydrogen) atoms. The third-order valence-corrected chi connectivity index (χ3v) is 2.64. The Morgan fingerprint density at radius 2 is 1.67 bits per heavy atom. The predicted octanol–water partition coefficient (Wildman–Crippen LogP) is -0.397. The minimum Gasteiger partial charge on any atom is -1.00 e. The number of hydrogen-bond acceptors (Lipinski definition) is 2. The van der Waals surface area contributed by atoms with Crippen molar-refractivity contribution in [3.63, 3.8) is 0 Å². The number of carbonyl (C=O) groups is 1. The van der Waals surface area contributed by atoms with Gasteiger partial charge in [0.1, 0.15) is 0 Å². The van der Waals surface area contributed by atoms with Gasteiger partial charge in [-0.25, -0.2) is 4.79 Å². The van der Waals surface area contributed by atoms with E-state index >= 15 is 0 Å². The van der Waals surface area contributed by atoms with Crippen LogP contribution in [0.25, 0.3) is 0 Å². The molecule has 0 aromatic heterocycles. The van der Waals surface area contributed by atoms with Crippen LogP contribution in [0.2, 0.25) is 0 Å². The molecule has 3 nitrogen and oxygen atoms in total. The first-order valence-electron chi connectivity index (χ1n) is 4.22. The van der Waals surface area contributed by atoms with Crippen molar-refractivity contribution in [3.8, 4) is 0 Å². The molecule has 5 heteroatoms. The van der Waals surface area contributed by atoms with Crippen LogP contribution in [0.5, 0.6) is 0 Å². The fourth-order valence-electron chi connectivity index (χ4n) is 1.61. The van der Waals surface area contributed by atoms with Gasteiger partial charge >= 0.3 is 32.4 Å². The molecule has 1 atom stereocenters. The molecule has 76 valence electrons. The van der Waals surface area contributed by atoms with Crippen LogP contribution < -0.4 is 18.9 Å². The molecule has 0 aliphatic heterocycles. The molecule has 0 aliphatic carbocycles. The minimum absolute atomic E-state index is 0. The molecule has 0 saturated carbocycles. The molecule has 0 spiro atoms. The first kappa shape index (κ1) is 14.5. The maximum atomic E-state index is 11.4. The zero-order valence-corrected chi connectivity index (χ0v) is 10.3. The normalized spacial score (nSPS) is 10.5. The van der Waals surface area contributed by atoms with Crippen LogP contribution in [0.4, 0.5) is 0 Å². The Hall–Kier alpha value is -0.453. The van der Waals surface area contributed by atoms with Gasteiger partial charge in [0, 0.05) is 0 Å². The Labute approximate surface area is 103 Å². The van der Waals surface area contributed by atoms with Crippen LogP contribution in [0.1, 0.15) is 28.5 Å². The summed E-state index contributed by atoms with van der Waals surface area (Å²) in [5.74, 6) is 0. The van der Waals surface area contributed by atoms with E-state index in [4.69, 9.17) is 4.89 Å². The summed E-state index contributed by atoms with van der Waals surface area (Å²) in [4.78, 5) is 20.1. The second-order valence-electron chi connectivity index (χ2n) is 3.35. The molecule has 0 aliphatic rings. The first-order valence-corrected chi connectivity index (χ1v) is 5.43.